The van der Waals surface area contributed by atoms with Crippen LogP contribution in [0.3, 0.4) is 0 Å². The number of fused-ring (bicyclic) bond motifs is 1. The molecule has 1 aromatic carbocycles. The minimum Gasteiger partial charge on any atom is -0.452 e. The smallest absolute Gasteiger partial charge is 0.414 e. The van der Waals surface area contributed by atoms with Gasteiger partial charge < -0.3 is 9.72 Å². The van der Waals surface area contributed by atoms with E-state index < -0.39 is 0 Å². The Morgan fingerprint density at radius 2 is 2.12 bits per heavy atom. The van der Waals surface area contributed by atoms with Gasteiger partial charge in [-0.05, 0) is 12.5 Å². The number of carbonyl (C=O) groups is 1. The number of nitrogens with zero attached hydrogens (tertiary/aromatic N) is 1. The maximum Gasteiger partial charge on any atom is 0.414 e. The summed E-state index contributed by atoms with van der Waals surface area (Å²) < 4.78 is 4.73. The van der Waals surface area contributed by atoms with Crippen molar-refractivity contribution < 1.29 is 9.53 Å². The van der Waals surface area contributed by atoms with Crippen LogP contribution >= 0.6 is 0 Å². The Hall–Kier alpha value is -1.97. The van der Waals surface area contributed by atoms with E-state index in [-0.39, 0.29) is 6.09 Å². The average Bonchev–Trinajstić information content (AvgIpc) is 2.75. The lowest BCUT2D eigenvalue weighted by Crippen LogP contribution is -2.27. The zero-order chi connectivity index (χ0) is 12.4. The monoisotopic (exact) mass is 232 g/mol. The molecule has 0 aliphatic rings. The van der Waals surface area contributed by atoms with Gasteiger partial charge in [0.05, 0.1) is 7.11 Å². The van der Waals surface area contributed by atoms with Crippen LogP contribution in [-0.4, -0.2) is 25.2 Å². The molecule has 0 spiro atoms. The van der Waals surface area contributed by atoms with Crippen molar-refractivity contribution in [1.82, 2.24) is 4.98 Å². The highest BCUT2D eigenvalue weighted by atomic mass is 16.5. The number of amides is 1. The van der Waals surface area contributed by atoms with Gasteiger partial charge in [0.25, 0.3) is 0 Å². The third kappa shape index (κ3) is 1.86. The van der Waals surface area contributed by atoms with Gasteiger partial charge in [0.15, 0.2) is 0 Å². The van der Waals surface area contributed by atoms with Crippen LogP contribution in [-0.2, 0) is 11.2 Å². The van der Waals surface area contributed by atoms with Crippen LogP contribution in [0.1, 0.15) is 12.5 Å². The number of hydrogen-bond acceptors (Lipinski definition) is 2. The number of H-pyrrole nitrogens is 1. The van der Waals surface area contributed by atoms with Gasteiger partial charge in [-0.2, -0.15) is 0 Å². The highest BCUT2D eigenvalue weighted by molar-refractivity contribution is 5.95. The number of aromatic amines is 1. The number of rotatable bonds is 2. The Balaban J connectivity index is 2.57. The lowest BCUT2D eigenvalue weighted by atomic mass is 10.1. The quantitative estimate of drug-likeness (QED) is 0.865. The first-order valence-electron chi connectivity index (χ1n) is 5.60. The lowest BCUT2D eigenvalue weighted by Gasteiger charge is -2.15. The van der Waals surface area contributed by atoms with Crippen LogP contribution in [0.4, 0.5) is 10.6 Å². The lowest BCUT2D eigenvalue weighted by molar-refractivity contribution is 0.180. The van der Waals surface area contributed by atoms with E-state index in [0.717, 1.165) is 28.7 Å². The highest BCUT2D eigenvalue weighted by Gasteiger charge is 2.18. The Labute approximate surface area is 100 Å². The molecule has 2 aromatic rings. The van der Waals surface area contributed by atoms with Gasteiger partial charge in [0.2, 0.25) is 0 Å². The first-order chi connectivity index (χ1) is 8.19. The van der Waals surface area contributed by atoms with Crippen LogP contribution in [0.25, 0.3) is 10.9 Å². The summed E-state index contributed by atoms with van der Waals surface area (Å²) in [5.41, 5.74) is 2.17. The Kier molecular flexibility index (Phi) is 3.04. The molecule has 0 atom stereocenters. The van der Waals surface area contributed by atoms with Gasteiger partial charge in [0.1, 0.15) is 5.82 Å². The van der Waals surface area contributed by atoms with Crippen molar-refractivity contribution in [1.29, 1.82) is 0 Å². The number of anilines is 1. The molecule has 0 unspecified atom stereocenters. The van der Waals surface area contributed by atoms with Crippen LogP contribution in [0.5, 0.6) is 0 Å². The molecule has 0 radical (unpaired) electrons. The standard InChI is InChI=1S/C13H16N2O2/c1-4-9-10-7-5-6-8-11(10)14-12(9)15(2)13(16)17-3/h5-8,14H,4H2,1-3H3. The van der Waals surface area contributed by atoms with E-state index in [0.29, 0.717) is 0 Å². The fourth-order valence-electron chi connectivity index (χ4n) is 2.06. The second-order valence-corrected chi connectivity index (χ2v) is 3.88. The Morgan fingerprint density at radius 1 is 1.41 bits per heavy atom. The minimum atomic E-state index is -0.369. The first-order valence-corrected chi connectivity index (χ1v) is 5.60. The molecule has 0 bridgehead atoms. The van der Waals surface area contributed by atoms with Crippen molar-refractivity contribution in [2.45, 2.75) is 13.3 Å². The van der Waals surface area contributed by atoms with Crippen LogP contribution in [0.2, 0.25) is 0 Å². The number of ether oxygens (including phenoxy) is 1. The minimum absolute atomic E-state index is 0.369. The van der Waals surface area contributed by atoms with Crippen molar-refractivity contribution in [3.05, 3.63) is 29.8 Å². The number of nitrogens with one attached hydrogen (secondary N) is 1. The third-order valence-electron chi connectivity index (χ3n) is 2.93. The van der Waals surface area contributed by atoms with E-state index in [9.17, 15) is 4.79 Å². The molecular weight excluding hydrogens is 216 g/mol. The molecule has 0 saturated carbocycles. The van der Waals surface area contributed by atoms with Gasteiger partial charge in [-0.1, -0.05) is 25.1 Å². The van der Waals surface area contributed by atoms with Crippen molar-refractivity contribution >= 4 is 22.8 Å². The summed E-state index contributed by atoms with van der Waals surface area (Å²) in [7, 11) is 3.09. The fraction of sp³-hybridized carbons (Fsp3) is 0.308. The molecule has 0 fully saturated rings. The molecule has 17 heavy (non-hydrogen) atoms. The zero-order valence-corrected chi connectivity index (χ0v) is 10.3. The molecule has 90 valence electrons. The maximum atomic E-state index is 11.5. The summed E-state index contributed by atoms with van der Waals surface area (Å²) in [6, 6.07) is 8.03. The largest absolute Gasteiger partial charge is 0.452 e. The highest BCUT2D eigenvalue weighted by Crippen LogP contribution is 2.28. The SMILES string of the molecule is CCc1c(N(C)C(=O)OC)[nH]c2ccccc12. The van der Waals surface area contributed by atoms with Crippen molar-refractivity contribution in [2.75, 3.05) is 19.1 Å². The predicted molar refractivity (Wildman–Crippen MR) is 68.5 cm³/mol. The molecule has 0 aliphatic carbocycles. The molecular formula is C13H16N2O2. The number of benzene rings is 1. The van der Waals surface area contributed by atoms with Gasteiger partial charge in [-0.3, -0.25) is 4.90 Å². The maximum absolute atomic E-state index is 11.5. The predicted octanol–water partition coefficient (Wildman–Crippen LogP) is 2.93. The van der Waals surface area contributed by atoms with E-state index in [1.165, 1.54) is 12.0 Å². The summed E-state index contributed by atoms with van der Waals surface area (Å²) in [5, 5.41) is 1.15. The zero-order valence-electron chi connectivity index (χ0n) is 10.3. The van der Waals surface area contributed by atoms with E-state index in [4.69, 9.17) is 4.74 Å². The van der Waals surface area contributed by atoms with Crippen molar-refractivity contribution in [3.63, 3.8) is 0 Å². The average molecular weight is 232 g/mol. The molecule has 0 aliphatic heterocycles. The van der Waals surface area contributed by atoms with Crippen molar-refractivity contribution in [3.8, 4) is 0 Å². The van der Waals surface area contributed by atoms with Gasteiger partial charge in [-0.25, -0.2) is 4.79 Å². The summed E-state index contributed by atoms with van der Waals surface area (Å²) in [5.74, 6) is 0.806. The first kappa shape index (κ1) is 11.5. The molecule has 4 nitrogen and oxygen atoms in total. The van der Waals surface area contributed by atoms with Crippen molar-refractivity contribution in [2.24, 2.45) is 0 Å². The topological polar surface area (TPSA) is 45.3 Å². The van der Waals surface area contributed by atoms with Crippen LogP contribution < -0.4 is 4.90 Å². The number of aryl methyl sites for hydroxylation is 1. The molecule has 1 N–H and O–H groups in total. The molecule has 1 amide bonds. The number of methoxy groups -OCH3 is 1. The molecule has 0 saturated heterocycles. The summed E-state index contributed by atoms with van der Waals surface area (Å²) in [6.45, 7) is 2.07. The Bertz CT molecular complexity index is 545. The summed E-state index contributed by atoms with van der Waals surface area (Å²) >= 11 is 0. The second-order valence-electron chi connectivity index (χ2n) is 3.88. The normalized spacial score (nSPS) is 10.5. The van der Waals surface area contributed by atoms with E-state index in [1.54, 1.807) is 7.05 Å². The number of carbonyl (C=O) groups excluding carboxylic acids is 1. The van der Waals surface area contributed by atoms with E-state index in [2.05, 4.69) is 18.0 Å². The number of hydrogen-bond donors (Lipinski definition) is 1. The Morgan fingerprint density at radius 3 is 2.76 bits per heavy atom. The summed E-state index contributed by atoms with van der Waals surface area (Å²) in [4.78, 5) is 16.3. The summed E-state index contributed by atoms with van der Waals surface area (Å²) in [6.07, 6.45) is 0.493. The van der Waals surface area contributed by atoms with Crippen LogP contribution in [0.15, 0.2) is 24.3 Å². The van der Waals surface area contributed by atoms with E-state index in [1.807, 2.05) is 18.2 Å². The fourth-order valence-corrected chi connectivity index (χ4v) is 2.06. The number of para-hydroxylation sites is 1. The number of aromatic nitrogens is 1. The molecule has 1 heterocycles. The van der Waals surface area contributed by atoms with E-state index >= 15 is 0 Å². The van der Waals surface area contributed by atoms with Gasteiger partial charge >= 0.3 is 6.09 Å². The second kappa shape index (κ2) is 4.49. The molecule has 2 rings (SSSR count). The van der Waals surface area contributed by atoms with Gasteiger partial charge in [-0.15, -0.1) is 0 Å². The third-order valence-corrected chi connectivity index (χ3v) is 2.93. The molecule has 4 heteroatoms. The van der Waals surface area contributed by atoms with Gasteiger partial charge in [0, 0.05) is 23.5 Å². The van der Waals surface area contributed by atoms with Crippen LogP contribution in [0, 0.1) is 0 Å². The molecule has 1 aromatic heterocycles.